The Balaban J connectivity index is 0.00000420. The fourth-order valence-electron chi connectivity index (χ4n) is 3.17. The molecule has 6 nitrogen and oxygen atoms in total. The van der Waals surface area contributed by atoms with Gasteiger partial charge < -0.3 is 20.7 Å². The summed E-state index contributed by atoms with van der Waals surface area (Å²) in [6, 6.07) is 4.84. The molecule has 1 fully saturated rings. The van der Waals surface area contributed by atoms with E-state index in [0.717, 1.165) is 32.1 Å². The van der Waals surface area contributed by atoms with Crippen molar-refractivity contribution in [2.45, 2.75) is 32.6 Å². The van der Waals surface area contributed by atoms with Gasteiger partial charge in [0.05, 0.1) is 10.0 Å². The summed E-state index contributed by atoms with van der Waals surface area (Å²) in [7, 11) is 1.74. The van der Waals surface area contributed by atoms with Gasteiger partial charge in [-0.1, -0.05) is 29.6 Å². The van der Waals surface area contributed by atoms with Gasteiger partial charge in [-0.05, 0) is 49.8 Å². The van der Waals surface area contributed by atoms with Crippen molar-refractivity contribution in [3.05, 3.63) is 33.8 Å². The highest BCUT2D eigenvalue weighted by Crippen LogP contribution is 2.44. The highest BCUT2D eigenvalue weighted by atomic mass is 127. The number of rotatable bonds is 10. The van der Waals surface area contributed by atoms with E-state index >= 15 is 0 Å². The Kier molecular flexibility index (Phi) is 12.2. The van der Waals surface area contributed by atoms with Crippen LogP contribution in [0.2, 0.25) is 10.0 Å². The van der Waals surface area contributed by atoms with E-state index in [1.54, 1.807) is 25.3 Å². The lowest BCUT2D eigenvalue weighted by Crippen LogP contribution is -2.43. The third-order valence-corrected chi connectivity index (χ3v) is 5.79. The maximum absolute atomic E-state index is 12.2. The first-order chi connectivity index (χ1) is 13.5. The van der Waals surface area contributed by atoms with Gasteiger partial charge in [-0.15, -0.1) is 24.0 Å². The second-order valence-corrected chi connectivity index (χ2v) is 7.92. The van der Waals surface area contributed by atoms with Crippen LogP contribution in [-0.2, 0) is 4.74 Å². The van der Waals surface area contributed by atoms with Gasteiger partial charge in [-0.2, -0.15) is 0 Å². The molecule has 0 radical (unpaired) electrons. The average molecular weight is 557 g/mol. The molecule has 164 valence electrons. The smallest absolute Gasteiger partial charge is 0.251 e. The Hall–Kier alpha value is -0.770. The van der Waals surface area contributed by atoms with Crippen LogP contribution >= 0.6 is 47.2 Å². The van der Waals surface area contributed by atoms with Crippen LogP contribution in [0.3, 0.4) is 0 Å². The molecule has 29 heavy (non-hydrogen) atoms. The van der Waals surface area contributed by atoms with E-state index in [9.17, 15) is 4.79 Å². The van der Waals surface area contributed by atoms with E-state index in [1.807, 2.05) is 6.92 Å². The predicted molar refractivity (Wildman–Crippen MR) is 131 cm³/mol. The monoisotopic (exact) mass is 556 g/mol. The fraction of sp³-hybridized carbons (Fsp3) is 0.600. The number of aliphatic imine (C=N–C) groups is 1. The lowest BCUT2D eigenvalue weighted by molar-refractivity contribution is 0.0778. The molecule has 0 aromatic heterocycles. The molecule has 1 aliphatic rings. The number of carbonyl (C=O) groups excluding carboxylic acids is 1. The van der Waals surface area contributed by atoms with Crippen molar-refractivity contribution in [2.75, 3.05) is 39.9 Å². The zero-order chi connectivity index (χ0) is 20.4. The van der Waals surface area contributed by atoms with Crippen LogP contribution in [0.25, 0.3) is 0 Å². The van der Waals surface area contributed by atoms with Crippen LogP contribution in [0.5, 0.6) is 0 Å². The molecule has 0 atom stereocenters. The number of methoxy groups -OCH3 is 1. The lowest BCUT2D eigenvalue weighted by atomic mass is 9.67. The molecule has 9 heteroatoms. The van der Waals surface area contributed by atoms with Gasteiger partial charge in [0.25, 0.3) is 5.91 Å². The van der Waals surface area contributed by atoms with Crippen LogP contribution in [0.1, 0.15) is 43.0 Å². The number of halogens is 3. The largest absolute Gasteiger partial charge is 0.385 e. The third-order valence-electron chi connectivity index (χ3n) is 5.05. The minimum absolute atomic E-state index is 0. The number of hydrogen-bond donors (Lipinski definition) is 3. The molecule has 1 aromatic rings. The topological polar surface area (TPSA) is 74.8 Å². The molecular weight excluding hydrogens is 526 g/mol. The van der Waals surface area contributed by atoms with E-state index in [1.165, 1.54) is 19.3 Å². The molecule has 1 saturated carbocycles. The second kappa shape index (κ2) is 13.5. The summed E-state index contributed by atoms with van der Waals surface area (Å²) < 4.78 is 5.24. The van der Waals surface area contributed by atoms with Crippen LogP contribution in [0.4, 0.5) is 0 Å². The van der Waals surface area contributed by atoms with Gasteiger partial charge in [-0.3, -0.25) is 9.79 Å². The maximum Gasteiger partial charge on any atom is 0.251 e. The van der Waals surface area contributed by atoms with Crippen LogP contribution in [0.15, 0.2) is 23.2 Å². The minimum Gasteiger partial charge on any atom is -0.385 e. The molecule has 1 aromatic carbocycles. The number of amides is 1. The van der Waals surface area contributed by atoms with Crippen molar-refractivity contribution in [2.24, 2.45) is 10.4 Å². The Bertz CT molecular complexity index is 684. The molecule has 0 aliphatic heterocycles. The van der Waals surface area contributed by atoms with Crippen molar-refractivity contribution in [3.8, 4) is 0 Å². The normalized spacial score (nSPS) is 15.1. The van der Waals surface area contributed by atoms with E-state index in [-0.39, 0.29) is 35.3 Å². The quantitative estimate of drug-likeness (QED) is 0.175. The zero-order valence-corrected chi connectivity index (χ0v) is 20.9. The lowest BCUT2D eigenvalue weighted by Gasteiger charge is -2.40. The SMILES string of the molecule is CCNC(=NCC1(CCOC)CCC1)NCCNC(=O)c1ccc(Cl)c(Cl)c1.I. The first kappa shape index (κ1) is 26.3. The molecule has 1 aliphatic carbocycles. The second-order valence-electron chi connectivity index (χ2n) is 7.10. The summed E-state index contributed by atoms with van der Waals surface area (Å²) in [5, 5.41) is 10.2. The summed E-state index contributed by atoms with van der Waals surface area (Å²) in [6.07, 6.45) is 4.73. The van der Waals surface area contributed by atoms with E-state index in [4.69, 9.17) is 32.9 Å². The molecule has 0 unspecified atom stereocenters. The Morgan fingerprint density at radius 2 is 1.90 bits per heavy atom. The Morgan fingerprint density at radius 3 is 2.48 bits per heavy atom. The minimum atomic E-state index is -0.185. The highest BCUT2D eigenvalue weighted by molar-refractivity contribution is 14.0. The standard InChI is InChI=1S/C20H30Cl2N4O2.HI/c1-3-23-19(26-14-20(7-4-8-20)9-12-28-2)25-11-10-24-18(27)15-5-6-16(21)17(22)13-15;/h5-6,13H,3-4,7-12,14H2,1-2H3,(H,24,27)(H2,23,25,26);1H. The molecule has 1 amide bonds. The summed E-state index contributed by atoms with van der Waals surface area (Å²) in [6.45, 7) is 5.43. The van der Waals surface area contributed by atoms with E-state index in [0.29, 0.717) is 28.7 Å². The van der Waals surface area contributed by atoms with Gasteiger partial charge in [0.2, 0.25) is 0 Å². The number of nitrogens with zero attached hydrogens (tertiary/aromatic N) is 1. The first-order valence-corrected chi connectivity index (χ1v) is 10.5. The molecule has 0 saturated heterocycles. The molecule has 0 bridgehead atoms. The van der Waals surface area contributed by atoms with Gasteiger partial charge in [-0.25, -0.2) is 0 Å². The van der Waals surface area contributed by atoms with Crippen molar-refractivity contribution in [1.82, 2.24) is 16.0 Å². The van der Waals surface area contributed by atoms with Gasteiger partial charge in [0.1, 0.15) is 0 Å². The average Bonchev–Trinajstić information content (AvgIpc) is 2.65. The van der Waals surface area contributed by atoms with Crippen molar-refractivity contribution in [3.63, 3.8) is 0 Å². The van der Waals surface area contributed by atoms with E-state index < -0.39 is 0 Å². The number of hydrogen-bond acceptors (Lipinski definition) is 3. The number of carbonyl (C=O) groups is 1. The first-order valence-electron chi connectivity index (χ1n) is 9.74. The van der Waals surface area contributed by atoms with Gasteiger partial charge in [0, 0.05) is 45.5 Å². The van der Waals surface area contributed by atoms with E-state index in [2.05, 4.69) is 16.0 Å². The molecule has 3 N–H and O–H groups in total. The van der Waals surface area contributed by atoms with Crippen molar-refractivity contribution >= 4 is 59.0 Å². The summed E-state index contributed by atoms with van der Waals surface area (Å²) >= 11 is 11.8. The Morgan fingerprint density at radius 1 is 1.17 bits per heavy atom. The van der Waals surface area contributed by atoms with Gasteiger partial charge >= 0.3 is 0 Å². The van der Waals surface area contributed by atoms with Crippen molar-refractivity contribution in [1.29, 1.82) is 0 Å². The molecule has 2 rings (SSSR count). The van der Waals surface area contributed by atoms with Crippen LogP contribution in [0, 0.1) is 5.41 Å². The van der Waals surface area contributed by atoms with Crippen LogP contribution in [-0.4, -0.2) is 51.8 Å². The zero-order valence-electron chi connectivity index (χ0n) is 17.0. The molecule has 0 heterocycles. The number of guanidine groups is 1. The Labute approximate surface area is 200 Å². The number of benzene rings is 1. The van der Waals surface area contributed by atoms with Crippen molar-refractivity contribution < 1.29 is 9.53 Å². The third kappa shape index (κ3) is 8.47. The summed E-state index contributed by atoms with van der Waals surface area (Å²) in [4.78, 5) is 16.9. The predicted octanol–water partition coefficient (Wildman–Crippen LogP) is 4.10. The van der Waals surface area contributed by atoms with Crippen LogP contribution < -0.4 is 16.0 Å². The summed E-state index contributed by atoms with van der Waals surface area (Å²) in [5.41, 5.74) is 0.764. The fourth-order valence-corrected chi connectivity index (χ4v) is 3.47. The highest BCUT2D eigenvalue weighted by Gasteiger charge is 2.36. The molecule has 0 spiro atoms. The summed E-state index contributed by atoms with van der Waals surface area (Å²) in [5.74, 6) is 0.588. The maximum atomic E-state index is 12.2. The number of nitrogens with one attached hydrogen (secondary N) is 3. The molecular formula is C20H31Cl2IN4O2. The van der Waals surface area contributed by atoms with Gasteiger partial charge in [0.15, 0.2) is 5.96 Å². The number of ether oxygens (including phenoxy) is 1.